The predicted molar refractivity (Wildman–Crippen MR) is 54.6 cm³/mol. The zero-order chi connectivity index (χ0) is 10.3. The van der Waals surface area contributed by atoms with Crippen molar-refractivity contribution >= 4 is 5.84 Å². The van der Waals surface area contributed by atoms with Crippen LogP contribution in [-0.2, 0) is 6.54 Å². The molecule has 2 aromatic heterocycles. The Balaban J connectivity index is 2.10. The Kier molecular flexibility index (Phi) is 1.65. The van der Waals surface area contributed by atoms with E-state index >= 15 is 0 Å². The highest BCUT2D eigenvalue weighted by Gasteiger charge is 2.20. The van der Waals surface area contributed by atoms with E-state index in [0.29, 0.717) is 12.4 Å². The van der Waals surface area contributed by atoms with Crippen LogP contribution in [-0.4, -0.2) is 25.6 Å². The molecular weight excluding hydrogens is 190 g/mol. The molecule has 2 aromatic rings. The Bertz CT molecular complexity index is 526. The molecule has 0 saturated carbocycles. The average Bonchev–Trinajstić information content (AvgIpc) is 2.77. The molecule has 1 aliphatic heterocycles. The fourth-order valence-electron chi connectivity index (χ4n) is 1.65. The quantitative estimate of drug-likeness (QED) is 0.682. The number of nitrogens with zero attached hydrogens (tertiary/aromatic N) is 5. The number of fused-ring (bicyclic) bond motifs is 1. The minimum absolute atomic E-state index is 0.624. The van der Waals surface area contributed by atoms with Crippen molar-refractivity contribution in [2.24, 2.45) is 4.99 Å². The van der Waals surface area contributed by atoms with Crippen LogP contribution < -0.4 is 0 Å². The molecule has 0 amide bonds. The van der Waals surface area contributed by atoms with Crippen LogP contribution in [0.3, 0.4) is 0 Å². The molecular formula is C10H9N5. The fourth-order valence-corrected chi connectivity index (χ4v) is 1.65. The average molecular weight is 199 g/mol. The van der Waals surface area contributed by atoms with E-state index in [-0.39, 0.29) is 0 Å². The lowest BCUT2D eigenvalue weighted by Crippen LogP contribution is -2.15. The summed E-state index contributed by atoms with van der Waals surface area (Å²) in [5, 5.41) is 4.35. The summed E-state index contributed by atoms with van der Waals surface area (Å²) >= 11 is 0. The van der Waals surface area contributed by atoms with Gasteiger partial charge in [0.25, 0.3) is 0 Å². The van der Waals surface area contributed by atoms with Crippen molar-refractivity contribution in [1.82, 2.24) is 19.7 Å². The van der Waals surface area contributed by atoms with Crippen molar-refractivity contribution in [2.75, 3.05) is 0 Å². The second-order valence-corrected chi connectivity index (χ2v) is 3.40. The van der Waals surface area contributed by atoms with E-state index in [9.17, 15) is 0 Å². The van der Waals surface area contributed by atoms with Gasteiger partial charge in [0.15, 0.2) is 11.7 Å². The maximum atomic E-state index is 4.37. The van der Waals surface area contributed by atoms with Crippen molar-refractivity contribution in [1.29, 1.82) is 0 Å². The van der Waals surface area contributed by atoms with Crippen LogP contribution in [0.4, 0.5) is 0 Å². The maximum absolute atomic E-state index is 4.37. The zero-order valence-corrected chi connectivity index (χ0v) is 8.25. The standard InChI is InChI=1S/C10H9N5/c1-7-5-8-6-13-10(15(8)14-7)9-11-3-2-4-12-9/h2-5H,6H2,1H3. The lowest BCUT2D eigenvalue weighted by molar-refractivity contribution is 0.885. The first-order valence-corrected chi connectivity index (χ1v) is 4.72. The SMILES string of the molecule is Cc1cc2n(n1)C(c1ncccn1)=NC2. The summed E-state index contributed by atoms with van der Waals surface area (Å²) in [6.45, 7) is 2.63. The molecule has 3 rings (SSSR count). The minimum atomic E-state index is 0.624. The van der Waals surface area contributed by atoms with Gasteiger partial charge in [0.2, 0.25) is 0 Å². The summed E-state index contributed by atoms with van der Waals surface area (Å²) in [6, 6.07) is 3.81. The monoisotopic (exact) mass is 199 g/mol. The number of aryl methyl sites for hydroxylation is 1. The topological polar surface area (TPSA) is 56.0 Å². The zero-order valence-electron chi connectivity index (χ0n) is 8.25. The molecule has 3 heterocycles. The smallest absolute Gasteiger partial charge is 0.197 e. The number of aromatic nitrogens is 4. The summed E-state index contributed by atoms with van der Waals surface area (Å²) in [4.78, 5) is 12.7. The molecule has 5 nitrogen and oxygen atoms in total. The molecule has 0 bridgehead atoms. The Hall–Kier alpha value is -2.04. The normalized spacial score (nSPS) is 13.8. The minimum Gasteiger partial charge on any atom is -0.257 e. The van der Waals surface area contributed by atoms with Crippen LogP contribution >= 0.6 is 0 Å². The van der Waals surface area contributed by atoms with Crippen LogP contribution in [0.1, 0.15) is 17.2 Å². The molecule has 0 aliphatic carbocycles. The predicted octanol–water partition coefficient (Wildman–Crippen LogP) is 0.790. The third-order valence-corrected chi connectivity index (χ3v) is 2.26. The number of hydrogen-bond acceptors (Lipinski definition) is 4. The first-order valence-electron chi connectivity index (χ1n) is 4.72. The van der Waals surface area contributed by atoms with E-state index in [1.54, 1.807) is 18.5 Å². The Morgan fingerprint density at radius 1 is 1.27 bits per heavy atom. The van der Waals surface area contributed by atoms with Crippen molar-refractivity contribution in [3.8, 4) is 0 Å². The van der Waals surface area contributed by atoms with Gasteiger partial charge in [0, 0.05) is 12.4 Å². The summed E-state index contributed by atoms with van der Waals surface area (Å²) in [7, 11) is 0. The van der Waals surface area contributed by atoms with Gasteiger partial charge in [-0.15, -0.1) is 0 Å². The molecule has 0 radical (unpaired) electrons. The highest BCUT2D eigenvalue weighted by atomic mass is 15.4. The molecule has 0 spiro atoms. The molecule has 0 unspecified atom stereocenters. The highest BCUT2D eigenvalue weighted by molar-refractivity contribution is 5.98. The Morgan fingerprint density at radius 2 is 2.07 bits per heavy atom. The first-order chi connectivity index (χ1) is 7.34. The van der Waals surface area contributed by atoms with E-state index in [0.717, 1.165) is 17.2 Å². The van der Waals surface area contributed by atoms with Gasteiger partial charge in [-0.1, -0.05) is 0 Å². The number of hydrogen-bond donors (Lipinski definition) is 0. The number of aliphatic imine (C=N–C) groups is 1. The van der Waals surface area contributed by atoms with E-state index in [2.05, 4.69) is 20.1 Å². The van der Waals surface area contributed by atoms with Crippen molar-refractivity contribution < 1.29 is 0 Å². The molecule has 0 atom stereocenters. The summed E-state index contributed by atoms with van der Waals surface area (Å²) in [5.41, 5.74) is 2.09. The van der Waals surface area contributed by atoms with Crippen LogP contribution in [0, 0.1) is 6.92 Å². The van der Waals surface area contributed by atoms with Crippen molar-refractivity contribution in [3.63, 3.8) is 0 Å². The van der Waals surface area contributed by atoms with Gasteiger partial charge in [-0.3, -0.25) is 4.99 Å². The summed E-state index contributed by atoms with van der Waals surface area (Å²) in [5.74, 6) is 1.36. The fraction of sp³-hybridized carbons (Fsp3) is 0.200. The van der Waals surface area contributed by atoms with Gasteiger partial charge >= 0.3 is 0 Å². The number of rotatable bonds is 1. The van der Waals surface area contributed by atoms with Gasteiger partial charge < -0.3 is 0 Å². The molecule has 0 N–H and O–H groups in total. The molecule has 74 valence electrons. The second kappa shape index (κ2) is 2.98. The summed E-state index contributed by atoms with van der Waals surface area (Å²) < 4.78 is 1.81. The molecule has 0 fully saturated rings. The van der Waals surface area contributed by atoms with Gasteiger partial charge in [0.1, 0.15) is 0 Å². The van der Waals surface area contributed by atoms with Gasteiger partial charge in [-0.2, -0.15) is 5.10 Å². The summed E-state index contributed by atoms with van der Waals surface area (Å²) in [6.07, 6.45) is 3.42. The third kappa shape index (κ3) is 1.24. The Morgan fingerprint density at radius 3 is 2.87 bits per heavy atom. The van der Waals surface area contributed by atoms with E-state index in [4.69, 9.17) is 0 Å². The Labute approximate surface area is 86.5 Å². The van der Waals surface area contributed by atoms with Crippen molar-refractivity contribution in [2.45, 2.75) is 13.5 Å². The molecule has 15 heavy (non-hydrogen) atoms. The van der Waals surface area contributed by atoms with E-state index in [1.807, 2.05) is 17.7 Å². The second-order valence-electron chi connectivity index (χ2n) is 3.40. The van der Waals surface area contributed by atoms with Crippen LogP contribution in [0.2, 0.25) is 0 Å². The lowest BCUT2D eigenvalue weighted by atomic mass is 10.4. The van der Waals surface area contributed by atoms with Crippen LogP contribution in [0.15, 0.2) is 29.5 Å². The van der Waals surface area contributed by atoms with Gasteiger partial charge in [-0.25, -0.2) is 14.6 Å². The maximum Gasteiger partial charge on any atom is 0.197 e. The van der Waals surface area contributed by atoms with Crippen LogP contribution in [0.25, 0.3) is 0 Å². The van der Waals surface area contributed by atoms with Crippen molar-refractivity contribution in [3.05, 3.63) is 41.7 Å². The lowest BCUT2D eigenvalue weighted by Gasteiger charge is -1.99. The van der Waals surface area contributed by atoms with Gasteiger partial charge in [0.05, 0.1) is 17.9 Å². The van der Waals surface area contributed by atoms with E-state index < -0.39 is 0 Å². The largest absolute Gasteiger partial charge is 0.257 e. The van der Waals surface area contributed by atoms with E-state index in [1.165, 1.54) is 0 Å². The highest BCUT2D eigenvalue weighted by Crippen LogP contribution is 2.14. The molecule has 5 heteroatoms. The molecule has 0 aromatic carbocycles. The van der Waals surface area contributed by atoms with Crippen LogP contribution in [0.5, 0.6) is 0 Å². The third-order valence-electron chi connectivity index (χ3n) is 2.26. The van der Waals surface area contributed by atoms with Gasteiger partial charge in [-0.05, 0) is 19.1 Å². The molecule has 0 saturated heterocycles. The molecule has 1 aliphatic rings. The first kappa shape index (κ1) is 8.28.